The normalized spacial score (nSPS) is 20.4. The van der Waals surface area contributed by atoms with Gasteiger partial charge in [0.05, 0.1) is 11.5 Å². The Morgan fingerprint density at radius 1 is 1.28 bits per heavy atom. The third kappa shape index (κ3) is 5.08. The minimum atomic E-state index is 0.0991. The first kappa shape index (κ1) is 18.0. The number of benzene rings is 1. The zero-order chi connectivity index (χ0) is 17.6. The van der Waals surface area contributed by atoms with Crippen molar-refractivity contribution >= 4 is 17.7 Å². The first-order valence-corrected chi connectivity index (χ1v) is 10.0. The number of aromatic nitrogens is 2. The lowest BCUT2D eigenvalue weighted by Gasteiger charge is -2.29. The van der Waals surface area contributed by atoms with E-state index in [9.17, 15) is 4.79 Å². The van der Waals surface area contributed by atoms with Crippen molar-refractivity contribution in [2.75, 3.05) is 5.75 Å². The quantitative estimate of drug-likeness (QED) is 0.845. The van der Waals surface area contributed by atoms with Crippen LogP contribution in [0.5, 0.6) is 0 Å². The van der Waals surface area contributed by atoms with Crippen LogP contribution >= 0.6 is 11.8 Å². The van der Waals surface area contributed by atoms with Crippen LogP contribution < -0.4 is 5.32 Å². The summed E-state index contributed by atoms with van der Waals surface area (Å²) in [6.45, 7) is 4.27. The molecule has 25 heavy (non-hydrogen) atoms. The Labute approximate surface area is 153 Å². The van der Waals surface area contributed by atoms with E-state index in [2.05, 4.69) is 22.4 Å². The SMILES string of the molecule is Cc1ccc(-c2noc(CSCC(=O)N[C@@H]3CCCC[C@@H]3C)n2)cc1. The molecule has 6 heteroatoms. The lowest BCUT2D eigenvalue weighted by molar-refractivity contribution is -0.119. The molecule has 5 nitrogen and oxygen atoms in total. The molecule has 134 valence electrons. The summed E-state index contributed by atoms with van der Waals surface area (Å²) in [5.74, 6) is 2.80. The third-order valence-corrected chi connectivity index (χ3v) is 5.61. The van der Waals surface area contributed by atoms with Gasteiger partial charge in [-0.15, -0.1) is 11.8 Å². The van der Waals surface area contributed by atoms with Crippen molar-refractivity contribution in [1.29, 1.82) is 0 Å². The summed E-state index contributed by atoms with van der Waals surface area (Å²) < 4.78 is 5.28. The van der Waals surface area contributed by atoms with Gasteiger partial charge in [-0.3, -0.25) is 4.79 Å². The van der Waals surface area contributed by atoms with Crippen LogP contribution in [0.25, 0.3) is 11.4 Å². The van der Waals surface area contributed by atoms with E-state index in [-0.39, 0.29) is 5.91 Å². The van der Waals surface area contributed by atoms with Crippen molar-refractivity contribution in [3.05, 3.63) is 35.7 Å². The summed E-state index contributed by atoms with van der Waals surface area (Å²) in [5.41, 5.74) is 2.14. The van der Waals surface area contributed by atoms with E-state index in [1.807, 2.05) is 31.2 Å². The van der Waals surface area contributed by atoms with Gasteiger partial charge in [-0.1, -0.05) is 54.8 Å². The van der Waals surface area contributed by atoms with Gasteiger partial charge >= 0.3 is 0 Å². The second-order valence-electron chi connectivity index (χ2n) is 6.81. The first-order valence-electron chi connectivity index (χ1n) is 8.88. The fourth-order valence-electron chi connectivity index (χ4n) is 3.14. The molecule has 0 radical (unpaired) electrons. The second kappa shape index (κ2) is 8.52. The van der Waals surface area contributed by atoms with Crippen LogP contribution in [0.1, 0.15) is 44.1 Å². The van der Waals surface area contributed by atoms with Crippen LogP contribution in [-0.4, -0.2) is 27.8 Å². The smallest absolute Gasteiger partial charge is 0.236 e. The molecule has 3 rings (SSSR count). The van der Waals surface area contributed by atoms with Crippen LogP contribution in [0.15, 0.2) is 28.8 Å². The Morgan fingerprint density at radius 3 is 2.80 bits per heavy atom. The number of hydrogen-bond acceptors (Lipinski definition) is 5. The molecular formula is C19H25N3O2S. The predicted molar refractivity (Wildman–Crippen MR) is 100 cm³/mol. The van der Waals surface area contributed by atoms with Crippen molar-refractivity contribution < 1.29 is 9.32 Å². The standard InChI is InChI=1S/C19H25N3O2S/c1-13-7-9-15(10-8-13)19-21-18(24-22-19)12-25-11-17(23)20-16-6-4-3-5-14(16)2/h7-10,14,16H,3-6,11-12H2,1-2H3,(H,20,23)/t14-,16+/m0/s1. The van der Waals surface area contributed by atoms with E-state index < -0.39 is 0 Å². The number of carbonyl (C=O) groups is 1. The van der Waals surface area contributed by atoms with Crippen molar-refractivity contribution in [3.63, 3.8) is 0 Å². The maximum Gasteiger partial charge on any atom is 0.236 e. The molecule has 0 unspecified atom stereocenters. The summed E-state index contributed by atoms with van der Waals surface area (Å²) in [4.78, 5) is 16.5. The zero-order valence-corrected chi connectivity index (χ0v) is 15.6. The molecule has 1 aliphatic carbocycles. The van der Waals surface area contributed by atoms with Crippen LogP contribution in [0.2, 0.25) is 0 Å². The lowest BCUT2D eigenvalue weighted by Crippen LogP contribution is -2.41. The summed E-state index contributed by atoms with van der Waals surface area (Å²) >= 11 is 1.51. The molecule has 1 aromatic heterocycles. The minimum Gasteiger partial charge on any atom is -0.352 e. The van der Waals surface area contributed by atoms with Gasteiger partial charge < -0.3 is 9.84 Å². The van der Waals surface area contributed by atoms with E-state index in [1.54, 1.807) is 0 Å². The average Bonchev–Trinajstić information content (AvgIpc) is 3.06. The van der Waals surface area contributed by atoms with Gasteiger partial charge in [0.15, 0.2) is 0 Å². The highest BCUT2D eigenvalue weighted by Crippen LogP contribution is 2.24. The summed E-state index contributed by atoms with van der Waals surface area (Å²) in [7, 11) is 0. The van der Waals surface area contributed by atoms with E-state index in [0.717, 1.165) is 12.0 Å². The summed E-state index contributed by atoms with van der Waals surface area (Å²) in [6.07, 6.45) is 4.80. The number of thioether (sulfide) groups is 1. The van der Waals surface area contributed by atoms with Crippen LogP contribution in [0.3, 0.4) is 0 Å². The topological polar surface area (TPSA) is 68.0 Å². The van der Waals surface area contributed by atoms with E-state index in [4.69, 9.17) is 4.52 Å². The highest BCUT2D eigenvalue weighted by atomic mass is 32.2. The molecule has 1 saturated carbocycles. The molecule has 1 aliphatic rings. The summed E-state index contributed by atoms with van der Waals surface area (Å²) in [6, 6.07) is 8.34. The number of nitrogens with one attached hydrogen (secondary N) is 1. The van der Waals surface area contributed by atoms with Gasteiger partial charge in [0.2, 0.25) is 17.6 Å². The highest BCUT2D eigenvalue weighted by molar-refractivity contribution is 7.99. The number of hydrogen-bond donors (Lipinski definition) is 1. The summed E-state index contributed by atoms with van der Waals surface area (Å²) in [5, 5.41) is 7.18. The molecular weight excluding hydrogens is 334 g/mol. The fourth-order valence-corrected chi connectivity index (χ4v) is 3.81. The molecule has 1 aromatic carbocycles. The van der Waals surface area contributed by atoms with Gasteiger partial charge in [-0.2, -0.15) is 4.98 Å². The van der Waals surface area contributed by atoms with Gasteiger partial charge in [0, 0.05) is 11.6 Å². The molecule has 1 heterocycles. The number of aryl methyl sites for hydroxylation is 1. The lowest BCUT2D eigenvalue weighted by atomic mass is 9.86. The zero-order valence-electron chi connectivity index (χ0n) is 14.8. The Bertz CT molecular complexity index is 699. The van der Waals surface area contributed by atoms with Crippen LogP contribution in [-0.2, 0) is 10.5 Å². The largest absolute Gasteiger partial charge is 0.352 e. The first-order chi connectivity index (χ1) is 12.1. The van der Waals surface area contributed by atoms with Crippen molar-refractivity contribution in [3.8, 4) is 11.4 Å². The molecule has 2 atom stereocenters. The maximum absolute atomic E-state index is 12.1. The van der Waals surface area contributed by atoms with Gasteiger partial charge in [-0.05, 0) is 25.7 Å². The molecule has 1 fully saturated rings. The van der Waals surface area contributed by atoms with Crippen molar-refractivity contribution in [1.82, 2.24) is 15.5 Å². The molecule has 0 aliphatic heterocycles. The van der Waals surface area contributed by atoms with Gasteiger partial charge in [-0.25, -0.2) is 0 Å². The Balaban J connectivity index is 1.44. The number of nitrogens with zero attached hydrogens (tertiary/aromatic N) is 2. The Morgan fingerprint density at radius 2 is 2.04 bits per heavy atom. The molecule has 1 N–H and O–H groups in total. The second-order valence-corrected chi connectivity index (χ2v) is 7.79. The number of rotatable bonds is 6. The Hall–Kier alpha value is -1.82. The fraction of sp³-hybridized carbons (Fsp3) is 0.526. The van der Waals surface area contributed by atoms with E-state index in [0.29, 0.717) is 35.2 Å². The average molecular weight is 359 g/mol. The monoisotopic (exact) mass is 359 g/mol. The maximum atomic E-state index is 12.1. The number of amides is 1. The van der Waals surface area contributed by atoms with Gasteiger partial charge in [0.25, 0.3) is 0 Å². The Kier molecular flexibility index (Phi) is 6.13. The number of carbonyl (C=O) groups excluding carboxylic acids is 1. The predicted octanol–water partition coefficient (Wildman–Crippen LogP) is 3.97. The van der Waals surface area contributed by atoms with E-state index >= 15 is 0 Å². The molecule has 0 saturated heterocycles. The molecule has 2 aromatic rings. The van der Waals surface area contributed by atoms with Crippen molar-refractivity contribution in [2.45, 2.75) is 51.3 Å². The van der Waals surface area contributed by atoms with Crippen LogP contribution in [0, 0.1) is 12.8 Å². The molecule has 0 spiro atoms. The molecule has 1 amide bonds. The van der Waals surface area contributed by atoms with Gasteiger partial charge in [0.1, 0.15) is 0 Å². The van der Waals surface area contributed by atoms with Crippen LogP contribution in [0.4, 0.5) is 0 Å². The highest BCUT2D eigenvalue weighted by Gasteiger charge is 2.22. The van der Waals surface area contributed by atoms with Crippen molar-refractivity contribution in [2.24, 2.45) is 5.92 Å². The molecule has 0 bridgehead atoms. The minimum absolute atomic E-state index is 0.0991. The third-order valence-electron chi connectivity index (χ3n) is 4.69. The van der Waals surface area contributed by atoms with E-state index in [1.165, 1.54) is 36.6 Å².